The van der Waals surface area contributed by atoms with Gasteiger partial charge in [0, 0.05) is 25.2 Å². The first-order valence-corrected chi connectivity index (χ1v) is 10.2. The highest BCUT2D eigenvalue weighted by Crippen LogP contribution is 2.29. The molecule has 152 valence electrons. The van der Waals surface area contributed by atoms with Crippen molar-refractivity contribution >= 4 is 11.9 Å². The Labute approximate surface area is 167 Å². The van der Waals surface area contributed by atoms with Crippen LogP contribution in [0.15, 0.2) is 40.9 Å². The third-order valence-electron chi connectivity index (χ3n) is 5.79. The molecule has 0 aliphatic carbocycles. The molecular formula is C22H32N4O2. The molecule has 0 spiro atoms. The van der Waals surface area contributed by atoms with E-state index in [-0.39, 0.29) is 5.91 Å². The van der Waals surface area contributed by atoms with Gasteiger partial charge in [0.25, 0.3) is 0 Å². The second-order valence-corrected chi connectivity index (χ2v) is 8.05. The number of allylic oxidation sites excluding steroid dienone is 1. The number of carbonyl (C=O) groups excluding carboxylic acids is 1. The van der Waals surface area contributed by atoms with Crippen LogP contribution in [0.5, 0.6) is 5.75 Å². The van der Waals surface area contributed by atoms with Crippen molar-refractivity contribution < 1.29 is 9.90 Å². The maximum absolute atomic E-state index is 12.1. The topological polar surface area (TPSA) is 68.2 Å². The van der Waals surface area contributed by atoms with Gasteiger partial charge in [0.2, 0.25) is 5.91 Å². The van der Waals surface area contributed by atoms with Crippen molar-refractivity contribution in [1.29, 1.82) is 0 Å². The summed E-state index contributed by atoms with van der Waals surface area (Å²) in [5, 5.41) is 12.6. The number of hydrogen-bond acceptors (Lipinski definition) is 5. The Morgan fingerprint density at radius 1 is 1.36 bits per heavy atom. The number of phenols is 1. The summed E-state index contributed by atoms with van der Waals surface area (Å²) in [6.45, 7) is 11.3. The molecular weight excluding hydrogens is 352 g/mol. The van der Waals surface area contributed by atoms with Crippen LogP contribution in [-0.4, -0.2) is 65.0 Å². The monoisotopic (exact) mass is 384 g/mol. The maximum Gasteiger partial charge on any atom is 0.246 e. The zero-order valence-corrected chi connectivity index (χ0v) is 17.4. The lowest BCUT2D eigenvalue weighted by Crippen LogP contribution is -2.42. The molecule has 2 atom stereocenters. The van der Waals surface area contributed by atoms with Crippen molar-refractivity contribution in [3.63, 3.8) is 0 Å². The number of guanidine groups is 1. The Morgan fingerprint density at radius 3 is 2.71 bits per heavy atom. The Morgan fingerprint density at radius 2 is 2.07 bits per heavy atom. The minimum atomic E-state index is -0.0120. The van der Waals surface area contributed by atoms with Crippen LogP contribution in [0.3, 0.4) is 0 Å². The molecule has 0 bridgehead atoms. The minimum Gasteiger partial charge on any atom is -0.508 e. The van der Waals surface area contributed by atoms with Crippen LogP contribution in [0.2, 0.25) is 0 Å². The average Bonchev–Trinajstić information content (AvgIpc) is 3.22. The smallest absolute Gasteiger partial charge is 0.246 e. The van der Waals surface area contributed by atoms with Crippen LogP contribution in [0.25, 0.3) is 0 Å². The van der Waals surface area contributed by atoms with Crippen LogP contribution in [0.4, 0.5) is 0 Å². The molecule has 0 unspecified atom stereocenters. The highest BCUT2D eigenvalue weighted by atomic mass is 16.3. The quantitative estimate of drug-likeness (QED) is 0.709. The summed E-state index contributed by atoms with van der Waals surface area (Å²) in [7, 11) is 0. The van der Waals surface area contributed by atoms with Gasteiger partial charge in [0.1, 0.15) is 5.75 Å². The number of carbonyl (C=O) groups is 1. The number of nitrogens with zero attached hydrogens (tertiary/aromatic N) is 3. The molecule has 6 nitrogen and oxygen atoms in total. The number of rotatable bonds is 7. The van der Waals surface area contributed by atoms with E-state index in [4.69, 9.17) is 4.99 Å². The molecule has 1 aromatic rings. The van der Waals surface area contributed by atoms with E-state index in [9.17, 15) is 9.90 Å². The fourth-order valence-electron chi connectivity index (χ4n) is 3.97. The van der Waals surface area contributed by atoms with Gasteiger partial charge >= 0.3 is 0 Å². The molecule has 1 fully saturated rings. The van der Waals surface area contributed by atoms with E-state index in [0.717, 1.165) is 37.6 Å². The highest BCUT2D eigenvalue weighted by Gasteiger charge is 2.42. The first-order valence-electron chi connectivity index (χ1n) is 10.2. The molecule has 0 aromatic heterocycles. The van der Waals surface area contributed by atoms with E-state index in [1.807, 2.05) is 32.1 Å². The van der Waals surface area contributed by atoms with E-state index in [0.29, 0.717) is 30.3 Å². The maximum atomic E-state index is 12.1. The summed E-state index contributed by atoms with van der Waals surface area (Å²) >= 11 is 0. The number of amides is 1. The van der Waals surface area contributed by atoms with Gasteiger partial charge in [-0.1, -0.05) is 32.1 Å². The Balaban J connectivity index is 1.70. The van der Waals surface area contributed by atoms with Crippen molar-refractivity contribution in [1.82, 2.24) is 15.1 Å². The van der Waals surface area contributed by atoms with Gasteiger partial charge in [-0.25, -0.2) is 0 Å². The van der Waals surface area contributed by atoms with Gasteiger partial charge in [-0.05, 0) is 43.9 Å². The first-order chi connectivity index (χ1) is 13.4. The van der Waals surface area contributed by atoms with Gasteiger partial charge in [-0.3, -0.25) is 9.79 Å². The summed E-state index contributed by atoms with van der Waals surface area (Å²) < 4.78 is 0. The minimum absolute atomic E-state index is 0.0120. The molecule has 28 heavy (non-hydrogen) atoms. The molecule has 3 rings (SSSR count). The molecule has 0 saturated carbocycles. The highest BCUT2D eigenvalue weighted by molar-refractivity contribution is 5.92. The molecule has 1 saturated heterocycles. The lowest BCUT2D eigenvalue weighted by molar-refractivity contribution is -0.117. The van der Waals surface area contributed by atoms with Crippen LogP contribution in [-0.2, 0) is 11.2 Å². The normalized spacial score (nSPS) is 21.9. The van der Waals surface area contributed by atoms with Crippen molar-refractivity contribution in [2.75, 3.05) is 26.2 Å². The molecule has 2 N–H and O–H groups in total. The number of benzene rings is 1. The largest absolute Gasteiger partial charge is 0.508 e. The second kappa shape index (κ2) is 8.67. The molecule has 6 heteroatoms. The summed E-state index contributed by atoms with van der Waals surface area (Å²) in [4.78, 5) is 21.7. The zero-order chi connectivity index (χ0) is 20.3. The third-order valence-corrected chi connectivity index (χ3v) is 5.79. The molecule has 1 aromatic carbocycles. The summed E-state index contributed by atoms with van der Waals surface area (Å²) in [5.74, 6) is 1.90. The van der Waals surface area contributed by atoms with Crippen LogP contribution >= 0.6 is 0 Å². The van der Waals surface area contributed by atoms with E-state index < -0.39 is 0 Å². The lowest BCUT2D eigenvalue weighted by Gasteiger charge is -2.26. The fraction of sp³-hybridized carbons (Fsp3) is 0.545. The Bertz CT molecular complexity index is 754. The van der Waals surface area contributed by atoms with Crippen molar-refractivity contribution in [3.05, 3.63) is 41.5 Å². The van der Waals surface area contributed by atoms with Gasteiger partial charge in [-0.2, -0.15) is 0 Å². The predicted molar refractivity (Wildman–Crippen MR) is 112 cm³/mol. The van der Waals surface area contributed by atoms with Crippen LogP contribution in [0.1, 0.15) is 33.3 Å². The summed E-state index contributed by atoms with van der Waals surface area (Å²) in [6, 6.07) is 8.20. The van der Waals surface area contributed by atoms with Crippen LogP contribution < -0.4 is 5.32 Å². The lowest BCUT2D eigenvalue weighted by atomic mass is 10.0. The van der Waals surface area contributed by atoms with Gasteiger partial charge < -0.3 is 20.2 Å². The third kappa shape index (κ3) is 4.32. The SMILES string of the molecule is C/C=C(\C)C(=O)NCCN1C2=NC[C@H](C(C)C)N2C[C@H]1Cc1ccc(O)cc1. The molecule has 1 amide bonds. The van der Waals surface area contributed by atoms with Gasteiger partial charge in [-0.15, -0.1) is 0 Å². The summed E-state index contributed by atoms with van der Waals surface area (Å²) in [5.41, 5.74) is 1.94. The first kappa shape index (κ1) is 20.2. The van der Waals surface area contributed by atoms with E-state index in [1.54, 1.807) is 12.1 Å². The Hall–Kier alpha value is -2.50. The number of phenolic OH excluding ortho intramolecular Hbond substituents is 1. The summed E-state index contributed by atoms with van der Waals surface area (Å²) in [6.07, 6.45) is 2.72. The van der Waals surface area contributed by atoms with Gasteiger partial charge in [0.15, 0.2) is 5.96 Å². The zero-order valence-electron chi connectivity index (χ0n) is 17.4. The number of aromatic hydroxyl groups is 1. The second-order valence-electron chi connectivity index (χ2n) is 8.05. The molecule has 0 radical (unpaired) electrons. The molecule has 2 heterocycles. The van der Waals surface area contributed by atoms with Crippen molar-refractivity contribution in [2.24, 2.45) is 10.9 Å². The predicted octanol–water partition coefficient (Wildman–Crippen LogP) is 2.40. The number of fused-ring (bicyclic) bond motifs is 1. The standard InChI is InChI=1S/C22H32N4O2/c1-5-16(4)21(28)23-10-11-25-18(12-17-6-8-19(27)9-7-17)14-26-20(15(2)3)13-24-22(25)26/h5-9,15,18,20,27H,10-14H2,1-4H3,(H,23,28)/b16-5+/t18-,20-/m1/s1. The Kier molecular flexibility index (Phi) is 6.27. The van der Waals surface area contributed by atoms with E-state index in [2.05, 4.69) is 29.0 Å². The van der Waals surface area contributed by atoms with E-state index in [1.165, 1.54) is 5.56 Å². The average molecular weight is 385 g/mol. The van der Waals surface area contributed by atoms with Gasteiger partial charge in [0.05, 0.1) is 18.6 Å². The number of aliphatic imine (C=N–C) groups is 1. The number of nitrogens with one attached hydrogen (secondary N) is 1. The fourth-order valence-corrected chi connectivity index (χ4v) is 3.97. The van der Waals surface area contributed by atoms with E-state index >= 15 is 0 Å². The molecule has 2 aliphatic rings. The van der Waals surface area contributed by atoms with Crippen LogP contribution in [0, 0.1) is 5.92 Å². The van der Waals surface area contributed by atoms with Crippen molar-refractivity contribution in [3.8, 4) is 5.75 Å². The number of hydrogen-bond donors (Lipinski definition) is 2. The molecule has 2 aliphatic heterocycles. The van der Waals surface area contributed by atoms with Crippen molar-refractivity contribution in [2.45, 2.75) is 46.2 Å².